The predicted molar refractivity (Wildman–Crippen MR) is 79.5 cm³/mol. The summed E-state index contributed by atoms with van der Waals surface area (Å²) in [6, 6.07) is 2.57. The van der Waals surface area contributed by atoms with E-state index in [1.807, 2.05) is 0 Å². The lowest BCUT2D eigenvalue weighted by molar-refractivity contribution is -0.141. The molecule has 3 rings (SSSR count). The quantitative estimate of drug-likeness (QED) is 0.749. The molecule has 0 saturated carbocycles. The maximum absolute atomic E-state index is 12.5. The van der Waals surface area contributed by atoms with Crippen LogP contribution in [0.1, 0.15) is 23.2 Å². The van der Waals surface area contributed by atoms with Crippen LogP contribution in [-0.2, 0) is 12.7 Å². The highest BCUT2D eigenvalue weighted by atomic mass is 19.4. The second-order valence-corrected chi connectivity index (χ2v) is 5.54. The maximum atomic E-state index is 12.5. The Kier molecular flexibility index (Phi) is 4.38. The van der Waals surface area contributed by atoms with Crippen molar-refractivity contribution in [2.45, 2.75) is 19.6 Å². The van der Waals surface area contributed by atoms with Crippen molar-refractivity contribution in [2.24, 2.45) is 5.92 Å². The topological polar surface area (TPSA) is 90.0 Å². The van der Waals surface area contributed by atoms with E-state index in [-0.39, 0.29) is 24.8 Å². The zero-order valence-electron chi connectivity index (χ0n) is 13.1. The smallest absolute Gasteiger partial charge is 0.349 e. The van der Waals surface area contributed by atoms with Crippen molar-refractivity contribution < 1.29 is 18.0 Å². The summed E-state index contributed by atoms with van der Waals surface area (Å²) in [6.07, 6.45) is -0.0558. The summed E-state index contributed by atoms with van der Waals surface area (Å²) in [5, 5.41) is 10.1. The molecule has 1 atom stereocenters. The Balaban J connectivity index is 1.55. The number of rotatable bonds is 5. The highest BCUT2D eigenvalue weighted by Crippen LogP contribution is 2.27. The zero-order chi connectivity index (χ0) is 18.0. The average Bonchev–Trinajstić information content (AvgIpc) is 3.18. The van der Waals surface area contributed by atoms with Gasteiger partial charge in [0.15, 0.2) is 5.69 Å². The molecule has 3 aromatic heterocycles. The number of halogens is 3. The average molecular weight is 353 g/mol. The number of nitrogens with one attached hydrogen (secondary N) is 1. The largest absolute Gasteiger partial charge is 0.435 e. The molecule has 0 aliphatic rings. The minimum atomic E-state index is -4.47. The van der Waals surface area contributed by atoms with Crippen molar-refractivity contribution >= 4 is 11.7 Å². The summed E-state index contributed by atoms with van der Waals surface area (Å²) < 4.78 is 40.1. The van der Waals surface area contributed by atoms with Crippen molar-refractivity contribution in [1.82, 2.24) is 34.7 Å². The summed E-state index contributed by atoms with van der Waals surface area (Å²) in [5.41, 5.74) is -0.940. The molecule has 0 unspecified atom stereocenters. The van der Waals surface area contributed by atoms with Gasteiger partial charge in [0.1, 0.15) is 0 Å². The van der Waals surface area contributed by atoms with E-state index in [9.17, 15) is 18.0 Å². The van der Waals surface area contributed by atoms with Gasteiger partial charge in [0, 0.05) is 31.7 Å². The van der Waals surface area contributed by atoms with E-state index in [1.165, 1.54) is 21.6 Å². The van der Waals surface area contributed by atoms with E-state index in [2.05, 4.69) is 25.5 Å². The normalized spacial score (nSPS) is 13.1. The van der Waals surface area contributed by atoms with Crippen molar-refractivity contribution in [3.63, 3.8) is 0 Å². The predicted octanol–water partition coefficient (Wildman–Crippen LogP) is 1.41. The van der Waals surface area contributed by atoms with Crippen LogP contribution in [0.15, 0.2) is 30.7 Å². The molecular weight excluding hydrogens is 339 g/mol. The molecule has 0 spiro atoms. The van der Waals surface area contributed by atoms with E-state index in [4.69, 9.17) is 0 Å². The fraction of sp³-hybridized carbons (Fsp3) is 0.357. The number of aromatic nitrogens is 6. The fourth-order valence-electron chi connectivity index (χ4n) is 2.17. The number of carbonyl (C=O) groups is 1. The van der Waals surface area contributed by atoms with Gasteiger partial charge in [-0.05, 0) is 18.1 Å². The molecule has 1 N–H and O–H groups in total. The van der Waals surface area contributed by atoms with Gasteiger partial charge in [-0.15, -0.1) is 5.10 Å². The second-order valence-electron chi connectivity index (χ2n) is 5.54. The summed E-state index contributed by atoms with van der Waals surface area (Å²) in [7, 11) is 0. The number of amides is 1. The minimum Gasteiger partial charge on any atom is -0.349 e. The van der Waals surface area contributed by atoms with Crippen LogP contribution in [0.2, 0.25) is 0 Å². The number of alkyl halides is 3. The molecule has 11 heteroatoms. The molecule has 0 aliphatic carbocycles. The molecule has 0 saturated heterocycles. The lowest BCUT2D eigenvalue weighted by Crippen LogP contribution is -2.31. The maximum Gasteiger partial charge on any atom is 0.435 e. The van der Waals surface area contributed by atoms with E-state index >= 15 is 0 Å². The van der Waals surface area contributed by atoms with Gasteiger partial charge < -0.3 is 5.32 Å². The molecular formula is C14H14F3N7O. The Hall–Kier alpha value is -2.98. The Morgan fingerprint density at radius 1 is 1.32 bits per heavy atom. The van der Waals surface area contributed by atoms with Crippen molar-refractivity contribution in [3.05, 3.63) is 42.2 Å². The Bertz CT molecular complexity index is 853. The first-order valence-corrected chi connectivity index (χ1v) is 7.39. The summed E-state index contributed by atoms with van der Waals surface area (Å²) in [4.78, 5) is 20.0. The standard InChI is InChI=1S/C14H14F3N7O/c1-9(8-23-6-3-10(21-23)14(15,16)17)7-19-12(25)11-20-13-18-4-2-5-24(13)22-11/h2-6,9H,7-8H2,1H3,(H,19,25)/t9-/m0/s1. The Morgan fingerprint density at radius 2 is 2.12 bits per heavy atom. The molecule has 0 aromatic carbocycles. The van der Waals surface area contributed by atoms with Crippen molar-refractivity contribution in [3.8, 4) is 0 Å². The van der Waals surface area contributed by atoms with Crippen LogP contribution in [0.3, 0.4) is 0 Å². The first-order chi connectivity index (χ1) is 11.8. The van der Waals surface area contributed by atoms with Crippen LogP contribution in [0.5, 0.6) is 0 Å². The van der Waals surface area contributed by atoms with Gasteiger partial charge in [-0.2, -0.15) is 23.3 Å². The van der Waals surface area contributed by atoms with Crippen LogP contribution in [-0.4, -0.2) is 41.8 Å². The lowest BCUT2D eigenvalue weighted by atomic mass is 10.2. The monoisotopic (exact) mass is 353 g/mol. The third kappa shape index (κ3) is 3.92. The molecule has 132 valence electrons. The highest BCUT2D eigenvalue weighted by Gasteiger charge is 2.33. The van der Waals surface area contributed by atoms with Crippen LogP contribution >= 0.6 is 0 Å². The third-order valence-corrected chi connectivity index (χ3v) is 3.36. The molecule has 0 radical (unpaired) electrons. The number of hydrogen-bond donors (Lipinski definition) is 1. The van der Waals surface area contributed by atoms with Gasteiger partial charge in [-0.3, -0.25) is 9.48 Å². The molecule has 1 amide bonds. The molecule has 0 aliphatic heterocycles. The van der Waals surface area contributed by atoms with Gasteiger partial charge in [0.2, 0.25) is 5.82 Å². The van der Waals surface area contributed by atoms with Crippen LogP contribution in [0.4, 0.5) is 13.2 Å². The first kappa shape index (κ1) is 16.9. The van der Waals surface area contributed by atoms with E-state index in [1.54, 1.807) is 19.2 Å². The minimum absolute atomic E-state index is 0.0238. The van der Waals surface area contributed by atoms with E-state index in [0.29, 0.717) is 5.78 Å². The molecule has 3 heterocycles. The SMILES string of the molecule is C[C@@H](CNC(=O)c1nc2ncccn2n1)Cn1ccc(C(F)(F)F)n1. The number of fused-ring (bicyclic) bond motifs is 1. The van der Waals surface area contributed by atoms with Crippen LogP contribution in [0.25, 0.3) is 5.78 Å². The Labute approximate surface area is 139 Å². The highest BCUT2D eigenvalue weighted by molar-refractivity contribution is 5.90. The second kappa shape index (κ2) is 6.49. The summed E-state index contributed by atoms with van der Waals surface area (Å²) >= 11 is 0. The van der Waals surface area contributed by atoms with Crippen LogP contribution in [0, 0.1) is 5.92 Å². The van der Waals surface area contributed by atoms with Gasteiger partial charge in [-0.25, -0.2) is 9.50 Å². The molecule has 0 bridgehead atoms. The molecule has 3 aromatic rings. The zero-order valence-corrected chi connectivity index (χ0v) is 13.1. The fourth-order valence-corrected chi connectivity index (χ4v) is 2.17. The van der Waals surface area contributed by atoms with Crippen molar-refractivity contribution in [2.75, 3.05) is 6.54 Å². The lowest BCUT2D eigenvalue weighted by Gasteiger charge is -2.12. The number of carbonyl (C=O) groups excluding carboxylic acids is 1. The summed E-state index contributed by atoms with van der Waals surface area (Å²) in [5.74, 6) is -0.338. The van der Waals surface area contributed by atoms with Gasteiger partial charge in [0.25, 0.3) is 11.7 Å². The number of nitrogens with zero attached hydrogens (tertiary/aromatic N) is 6. The molecule has 0 fully saturated rings. The van der Waals surface area contributed by atoms with E-state index in [0.717, 1.165) is 6.07 Å². The van der Waals surface area contributed by atoms with Crippen molar-refractivity contribution in [1.29, 1.82) is 0 Å². The molecule has 25 heavy (non-hydrogen) atoms. The number of hydrogen-bond acceptors (Lipinski definition) is 5. The van der Waals surface area contributed by atoms with Gasteiger partial charge in [-0.1, -0.05) is 6.92 Å². The first-order valence-electron chi connectivity index (χ1n) is 7.39. The third-order valence-electron chi connectivity index (χ3n) is 3.36. The van der Waals surface area contributed by atoms with Crippen LogP contribution < -0.4 is 5.32 Å². The van der Waals surface area contributed by atoms with E-state index < -0.39 is 17.8 Å². The summed E-state index contributed by atoms with van der Waals surface area (Å²) in [6.45, 7) is 2.26. The van der Waals surface area contributed by atoms with Gasteiger partial charge >= 0.3 is 6.18 Å². The molecule has 8 nitrogen and oxygen atoms in total. The Morgan fingerprint density at radius 3 is 2.80 bits per heavy atom. The van der Waals surface area contributed by atoms with Gasteiger partial charge in [0.05, 0.1) is 0 Å².